The lowest BCUT2D eigenvalue weighted by molar-refractivity contribution is 0.102. The van der Waals surface area contributed by atoms with E-state index in [2.05, 4.69) is 30.9 Å². The lowest BCUT2D eigenvalue weighted by atomic mass is 9.94. The highest BCUT2D eigenvalue weighted by Gasteiger charge is 2.08. The van der Waals surface area contributed by atoms with Crippen LogP contribution in [0.5, 0.6) is 0 Å². The van der Waals surface area contributed by atoms with Crippen molar-refractivity contribution in [3.8, 4) is 0 Å². The fourth-order valence-corrected chi connectivity index (χ4v) is 3.47. The van der Waals surface area contributed by atoms with Gasteiger partial charge in [0.1, 0.15) is 13.7 Å². The molecular weight excluding hydrogens is 423 g/mol. The molecule has 7 nitrogen and oxygen atoms in total. The Balaban J connectivity index is 1.24. The molecule has 0 spiro atoms. The Bertz CT molecular complexity index is 1440. The average Bonchev–Trinajstić information content (AvgIpc) is 2.87. The average molecular weight is 442 g/mol. The number of anilines is 5. The van der Waals surface area contributed by atoms with Crippen LogP contribution in [0.1, 0.15) is 10.4 Å². The first-order chi connectivity index (χ1) is 16.6. The van der Waals surface area contributed by atoms with Gasteiger partial charge in [-0.15, -0.1) is 0 Å². The van der Waals surface area contributed by atoms with E-state index in [0.29, 0.717) is 16.8 Å². The maximum atomic E-state index is 12.7. The number of aromatic nitrogens is 3. The van der Waals surface area contributed by atoms with E-state index in [1.165, 1.54) is 0 Å². The highest BCUT2D eigenvalue weighted by Crippen LogP contribution is 2.24. The summed E-state index contributed by atoms with van der Waals surface area (Å²) in [5.74, 6) is 0.226. The number of hydrogen-bond donors (Lipinski definition) is 3. The fraction of sp³-hybridized carbons (Fsp3) is 0. The molecule has 5 rings (SSSR count). The maximum Gasteiger partial charge on any atom is 0.256 e. The van der Waals surface area contributed by atoms with Gasteiger partial charge in [0.15, 0.2) is 0 Å². The first-order valence-corrected chi connectivity index (χ1v) is 10.6. The predicted octanol–water partition coefficient (Wildman–Crippen LogP) is 4.56. The fourth-order valence-electron chi connectivity index (χ4n) is 3.47. The van der Waals surface area contributed by atoms with Crippen LogP contribution in [-0.4, -0.2) is 28.7 Å². The van der Waals surface area contributed by atoms with E-state index in [4.69, 9.17) is 7.85 Å². The van der Waals surface area contributed by atoms with E-state index in [1.807, 2.05) is 54.6 Å². The number of hydrogen-bond acceptors (Lipinski definition) is 6. The van der Waals surface area contributed by atoms with Crippen molar-refractivity contribution in [1.29, 1.82) is 0 Å². The van der Waals surface area contributed by atoms with Crippen molar-refractivity contribution in [3.63, 3.8) is 0 Å². The van der Waals surface area contributed by atoms with Crippen molar-refractivity contribution in [2.24, 2.45) is 0 Å². The highest BCUT2D eigenvalue weighted by atomic mass is 16.1. The monoisotopic (exact) mass is 442 g/mol. The minimum absolute atomic E-state index is 0.240. The third-order valence-corrected chi connectivity index (χ3v) is 5.17. The lowest BCUT2D eigenvalue weighted by Crippen LogP contribution is -2.12. The first kappa shape index (κ1) is 21.1. The zero-order valence-electron chi connectivity index (χ0n) is 18.1. The summed E-state index contributed by atoms with van der Waals surface area (Å²) in [6, 6.07) is 22.0. The van der Waals surface area contributed by atoms with Crippen molar-refractivity contribution in [1.82, 2.24) is 15.0 Å². The standard InChI is InChI=1S/C26H19BN6O/c27-18-3-7-23-22(15-18)24(11-14-29-23)32-19-4-1-17(2-5-19)26(34)33-25-8-6-21(16-30-25)31-20-9-12-28-13-10-20/h1-16H,(H,28,31)(H,29,32)(H,30,33,34). The summed E-state index contributed by atoms with van der Waals surface area (Å²) in [5, 5.41) is 10.3. The number of carbonyl (C=O) groups is 1. The van der Waals surface area contributed by atoms with Gasteiger partial charge < -0.3 is 16.0 Å². The lowest BCUT2D eigenvalue weighted by Gasteiger charge is -2.11. The highest BCUT2D eigenvalue weighted by molar-refractivity contribution is 6.33. The molecule has 0 aliphatic heterocycles. The van der Waals surface area contributed by atoms with E-state index >= 15 is 0 Å². The first-order valence-electron chi connectivity index (χ1n) is 10.6. The summed E-state index contributed by atoms with van der Waals surface area (Å²) in [6.45, 7) is 0. The minimum Gasteiger partial charge on any atom is -0.355 e. The van der Waals surface area contributed by atoms with Gasteiger partial charge in [-0.05, 0) is 60.7 Å². The van der Waals surface area contributed by atoms with Gasteiger partial charge in [-0.3, -0.25) is 14.8 Å². The molecule has 0 fully saturated rings. The predicted molar refractivity (Wildman–Crippen MR) is 137 cm³/mol. The Morgan fingerprint density at radius 1 is 0.735 bits per heavy atom. The summed E-state index contributed by atoms with van der Waals surface area (Å²) < 4.78 is 0. The van der Waals surface area contributed by atoms with Gasteiger partial charge in [0, 0.05) is 46.6 Å². The van der Waals surface area contributed by atoms with Gasteiger partial charge in [0.2, 0.25) is 0 Å². The molecule has 3 heterocycles. The number of pyridine rings is 3. The van der Waals surface area contributed by atoms with E-state index in [0.717, 1.165) is 33.7 Å². The molecule has 162 valence electrons. The third-order valence-electron chi connectivity index (χ3n) is 5.17. The third kappa shape index (κ3) is 4.86. The number of nitrogens with zero attached hydrogens (tertiary/aromatic N) is 3. The van der Waals surface area contributed by atoms with Crippen LogP contribution in [0.15, 0.2) is 97.6 Å². The molecule has 0 bridgehead atoms. The van der Waals surface area contributed by atoms with Gasteiger partial charge in [0.25, 0.3) is 5.91 Å². The molecule has 5 aromatic rings. The molecule has 0 aliphatic rings. The van der Waals surface area contributed by atoms with Crippen LogP contribution in [0.4, 0.5) is 28.6 Å². The number of amides is 1. The van der Waals surface area contributed by atoms with E-state index in [9.17, 15) is 4.79 Å². The zero-order chi connectivity index (χ0) is 23.3. The summed E-state index contributed by atoms with van der Waals surface area (Å²) in [5.41, 5.74) is 5.50. The molecule has 0 atom stereocenters. The van der Waals surface area contributed by atoms with Gasteiger partial charge >= 0.3 is 0 Å². The zero-order valence-corrected chi connectivity index (χ0v) is 18.1. The van der Waals surface area contributed by atoms with Crippen molar-refractivity contribution >= 4 is 58.7 Å². The Morgan fingerprint density at radius 2 is 1.50 bits per heavy atom. The van der Waals surface area contributed by atoms with Crippen LogP contribution in [0, 0.1) is 0 Å². The van der Waals surface area contributed by atoms with Crippen molar-refractivity contribution in [2.75, 3.05) is 16.0 Å². The number of fused-ring (bicyclic) bond motifs is 1. The summed E-state index contributed by atoms with van der Waals surface area (Å²) in [7, 11) is 5.93. The number of nitrogens with one attached hydrogen (secondary N) is 3. The normalized spacial score (nSPS) is 10.6. The molecule has 34 heavy (non-hydrogen) atoms. The molecule has 8 heteroatoms. The van der Waals surface area contributed by atoms with Crippen molar-refractivity contribution in [2.45, 2.75) is 0 Å². The van der Waals surface area contributed by atoms with Gasteiger partial charge in [-0.1, -0.05) is 17.6 Å². The smallest absolute Gasteiger partial charge is 0.256 e. The second-order valence-corrected chi connectivity index (χ2v) is 7.58. The Kier molecular flexibility index (Phi) is 5.86. The molecule has 3 aromatic heterocycles. The Labute approximate surface area is 197 Å². The largest absolute Gasteiger partial charge is 0.355 e. The topological polar surface area (TPSA) is 91.8 Å². The second-order valence-electron chi connectivity index (χ2n) is 7.58. The van der Waals surface area contributed by atoms with Crippen LogP contribution in [0.3, 0.4) is 0 Å². The molecule has 2 aromatic carbocycles. The minimum atomic E-state index is -0.240. The van der Waals surface area contributed by atoms with Gasteiger partial charge in [-0.25, -0.2) is 4.98 Å². The van der Waals surface area contributed by atoms with Crippen molar-refractivity contribution in [3.05, 3.63) is 103 Å². The molecule has 1 amide bonds. The molecule has 0 unspecified atom stereocenters. The summed E-state index contributed by atoms with van der Waals surface area (Å²) in [4.78, 5) is 25.3. The molecule has 0 saturated heterocycles. The second kappa shape index (κ2) is 9.42. The van der Waals surface area contributed by atoms with E-state index in [1.54, 1.807) is 43.0 Å². The van der Waals surface area contributed by atoms with Crippen LogP contribution >= 0.6 is 0 Å². The van der Waals surface area contributed by atoms with Crippen LogP contribution in [0.25, 0.3) is 10.9 Å². The van der Waals surface area contributed by atoms with Gasteiger partial charge in [0.05, 0.1) is 17.4 Å². The molecule has 0 saturated carbocycles. The van der Waals surface area contributed by atoms with Gasteiger partial charge in [-0.2, -0.15) is 0 Å². The summed E-state index contributed by atoms with van der Waals surface area (Å²) in [6.07, 6.45) is 6.82. The quantitative estimate of drug-likeness (QED) is 0.334. The number of benzene rings is 2. The van der Waals surface area contributed by atoms with Crippen LogP contribution in [0.2, 0.25) is 0 Å². The van der Waals surface area contributed by atoms with E-state index in [-0.39, 0.29) is 5.91 Å². The molecule has 3 N–H and O–H groups in total. The number of carbonyl (C=O) groups excluding carboxylic acids is 1. The molecular formula is C26H19BN6O. The SMILES string of the molecule is [B]c1ccc2nccc(Nc3ccc(C(=O)Nc4ccc(Nc5ccncc5)cn4)cc3)c2c1. The summed E-state index contributed by atoms with van der Waals surface area (Å²) >= 11 is 0. The van der Waals surface area contributed by atoms with Crippen LogP contribution in [-0.2, 0) is 0 Å². The molecule has 0 aliphatic carbocycles. The Hall–Kier alpha value is -4.72. The maximum absolute atomic E-state index is 12.7. The number of rotatable bonds is 6. The van der Waals surface area contributed by atoms with Crippen LogP contribution < -0.4 is 21.4 Å². The Morgan fingerprint density at radius 3 is 2.26 bits per heavy atom. The van der Waals surface area contributed by atoms with Crippen molar-refractivity contribution < 1.29 is 4.79 Å². The van der Waals surface area contributed by atoms with E-state index < -0.39 is 0 Å². The molecule has 2 radical (unpaired) electrons.